The van der Waals surface area contributed by atoms with Crippen molar-refractivity contribution in [3.63, 3.8) is 0 Å². The second-order valence-corrected chi connectivity index (χ2v) is 4.29. The number of halogens is 1. The Hall–Kier alpha value is -0.830. The normalized spacial score (nSPS) is 12.2. The molecule has 3 heteroatoms. The summed E-state index contributed by atoms with van der Waals surface area (Å²) in [6.07, 6.45) is 0.789. The molecule has 0 radical (unpaired) electrons. The van der Waals surface area contributed by atoms with E-state index in [1.165, 1.54) is 0 Å². The van der Waals surface area contributed by atoms with Gasteiger partial charge in [0, 0.05) is 5.69 Å². The van der Waals surface area contributed by atoms with Crippen LogP contribution in [-0.4, -0.2) is 10.7 Å². The molecule has 1 N–H and O–H groups in total. The van der Waals surface area contributed by atoms with Crippen LogP contribution >= 0.6 is 15.9 Å². The molecule has 1 aromatic rings. The molecule has 1 atom stereocenters. The average Bonchev–Trinajstić information content (AvgIpc) is 2.20. The van der Waals surface area contributed by atoms with E-state index < -0.39 is 0 Å². The van der Waals surface area contributed by atoms with E-state index in [-0.39, 0.29) is 10.7 Å². The van der Waals surface area contributed by atoms with E-state index in [9.17, 15) is 4.79 Å². The summed E-state index contributed by atoms with van der Waals surface area (Å²) >= 11 is 3.31. The molecule has 0 aliphatic rings. The number of carbonyl (C=O) groups is 1. The van der Waals surface area contributed by atoms with Crippen LogP contribution in [0.3, 0.4) is 0 Å². The molecular formula is C11H14BrNO. The number of anilines is 1. The first-order valence-electron chi connectivity index (χ1n) is 4.65. The number of para-hydroxylation sites is 1. The number of amides is 1. The van der Waals surface area contributed by atoms with Gasteiger partial charge < -0.3 is 5.32 Å². The smallest absolute Gasteiger partial charge is 0.238 e. The Morgan fingerprint density at radius 2 is 2.14 bits per heavy atom. The van der Waals surface area contributed by atoms with Gasteiger partial charge in [-0.25, -0.2) is 0 Å². The topological polar surface area (TPSA) is 29.1 Å². The van der Waals surface area contributed by atoms with Crippen molar-refractivity contribution >= 4 is 27.5 Å². The molecule has 0 saturated carbocycles. The van der Waals surface area contributed by atoms with Gasteiger partial charge in [-0.15, -0.1) is 0 Å². The van der Waals surface area contributed by atoms with Crippen LogP contribution in [0.1, 0.15) is 18.9 Å². The first kappa shape index (κ1) is 11.2. The standard InChI is InChI=1S/C11H14BrNO/c1-3-9(12)11(14)13-10-7-5-4-6-8(10)2/h4-7,9H,3H2,1-2H3,(H,13,14)/t9-/m0/s1. The molecule has 0 saturated heterocycles. The van der Waals surface area contributed by atoms with Gasteiger partial charge in [0.15, 0.2) is 0 Å². The van der Waals surface area contributed by atoms with E-state index in [4.69, 9.17) is 0 Å². The second-order valence-electron chi connectivity index (χ2n) is 3.18. The number of carbonyl (C=O) groups excluding carboxylic acids is 1. The molecule has 1 aromatic carbocycles. The molecule has 0 heterocycles. The fraction of sp³-hybridized carbons (Fsp3) is 0.364. The van der Waals surface area contributed by atoms with E-state index in [2.05, 4.69) is 21.2 Å². The Kier molecular flexibility index (Phi) is 4.14. The van der Waals surface area contributed by atoms with Crippen LogP contribution < -0.4 is 5.32 Å². The molecule has 0 bridgehead atoms. The largest absolute Gasteiger partial charge is 0.325 e. The molecule has 2 nitrogen and oxygen atoms in total. The highest BCUT2D eigenvalue weighted by Gasteiger charge is 2.12. The highest BCUT2D eigenvalue weighted by molar-refractivity contribution is 9.10. The van der Waals surface area contributed by atoms with Gasteiger partial charge in [-0.05, 0) is 25.0 Å². The molecule has 0 aromatic heterocycles. The third-order valence-electron chi connectivity index (χ3n) is 2.05. The van der Waals surface area contributed by atoms with Crippen LogP contribution in [0.5, 0.6) is 0 Å². The summed E-state index contributed by atoms with van der Waals surface area (Å²) < 4.78 is 0. The van der Waals surface area contributed by atoms with Gasteiger partial charge in [-0.2, -0.15) is 0 Å². The zero-order chi connectivity index (χ0) is 10.6. The van der Waals surface area contributed by atoms with E-state index in [1.807, 2.05) is 38.1 Å². The summed E-state index contributed by atoms with van der Waals surface area (Å²) in [7, 11) is 0. The predicted octanol–water partition coefficient (Wildman–Crippen LogP) is 3.11. The van der Waals surface area contributed by atoms with Crippen LogP contribution in [-0.2, 0) is 4.79 Å². The fourth-order valence-corrected chi connectivity index (χ4v) is 1.22. The second kappa shape index (κ2) is 5.15. The lowest BCUT2D eigenvalue weighted by atomic mass is 10.2. The highest BCUT2D eigenvalue weighted by Crippen LogP contribution is 2.15. The molecule has 0 aliphatic carbocycles. The van der Waals surface area contributed by atoms with E-state index in [0.717, 1.165) is 17.7 Å². The molecule has 0 unspecified atom stereocenters. The Balaban J connectivity index is 2.70. The number of benzene rings is 1. The van der Waals surface area contributed by atoms with Gasteiger partial charge in [0.1, 0.15) is 0 Å². The lowest BCUT2D eigenvalue weighted by molar-refractivity contribution is -0.115. The van der Waals surface area contributed by atoms with Gasteiger partial charge in [-0.1, -0.05) is 41.1 Å². The summed E-state index contributed by atoms with van der Waals surface area (Å²) in [6.45, 7) is 3.95. The Bertz CT molecular complexity index is 325. The maximum absolute atomic E-state index is 11.5. The number of aryl methyl sites for hydroxylation is 1. The number of hydrogen-bond donors (Lipinski definition) is 1. The minimum atomic E-state index is -0.109. The number of nitrogens with one attached hydrogen (secondary N) is 1. The van der Waals surface area contributed by atoms with E-state index in [1.54, 1.807) is 0 Å². The molecular weight excluding hydrogens is 242 g/mol. The van der Waals surface area contributed by atoms with Crippen molar-refractivity contribution in [2.75, 3.05) is 5.32 Å². The molecule has 0 aliphatic heterocycles. The van der Waals surface area contributed by atoms with Crippen molar-refractivity contribution in [3.05, 3.63) is 29.8 Å². The van der Waals surface area contributed by atoms with E-state index >= 15 is 0 Å². The minimum Gasteiger partial charge on any atom is -0.325 e. The van der Waals surface area contributed by atoms with Crippen molar-refractivity contribution in [3.8, 4) is 0 Å². The van der Waals surface area contributed by atoms with Crippen LogP contribution in [0.15, 0.2) is 24.3 Å². The molecule has 0 spiro atoms. The predicted molar refractivity (Wildman–Crippen MR) is 62.8 cm³/mol. The lowest BCUT2D eigenvalue weighted by Gasteiger charge is -2.10. The first-order valence-corrected chi connectivity index (χ1v) is 5.57. The van der Waals surface area contributed by atoms with Gasteiger partial charge >= 0.3 is 0 Å². The van der Waals surface area contributed by atoms with Gasteiger partial charge in [0.25, 0.3) is 0 Å². The van der Waals surface area contributed by atoms with Crippen molar-refractivity contribution in [2.24, 2.45) is 0 Å². The van der Waals surface area contributed by atoms with Crippen LogP contribution in [0.4, 0.5) is 5.69 Å². The highest BCUT2D eigenvalue weighted by atomic mass is 79.9. The molecule has 0 fully saturated rings. The van der Waals surface area contributed by atoms with Crippen molar-refractivity contribution in [2.45, 2.75) is 25.1 Å². The van der Waals surface area contributed by atoms with Gasteiger partial charge in [-0.3, -0.25) is 4.79 Å². The SMILES string of the molecule is CC[C@H](Br)C(=O)Nc1ccccc1C. The van der Waals surface area contributed by atoms with Crippen LogP contribution in [0.2, 0.25) is 0 Å². The number of hydrogen-bond acceptors (Lipinski definition) is 1. The summed E-state index contributed by atoms with van der Waals surface area (Å²) in [5, 5.41) is 2.88. The fourth-order valence-electron chi connectivity index (χ4n) is 1.11. The third kappa shape index (κ3) is 2.84. The quantitative estimate of drug-likeness (QED) is 0.827. The molecule has 76 valence electrons. The third-order valence-corrected chi connectivity index (χ3v) is 3.11. The summed E-state index contributed by atoms with van der Waals surface area (Å²) in [4.78, 5) is 11.4. The van der Waals surface area contributed by atoms with Gasteiger partial charge in [0.2, 0.25) is 5.91 Å². The summed E-state index contributed by atoms with van der Waals surface area (Å²) in [6, 6.07) is 7.75. The van der Waals surface area contributed by atoms with Gasteiger partial charge in [0.05, 0.1) is 4.83 Å². The summed E-state index contributed by atoms with van der Waals surface area (Å²) in [5.74, 6) is 0.0156. The number of rotatable bonds is 3. The molecule has 1 rings (SSSR count). The maximum atomic E-state index is 11.5. The Labute approximate surface area is 92.8 Å². The lowest BCUT2D eigenvalue weighted by Crippen LogP contribution is -2.22. The van der Waals surface area contributed by atoms with Crippen molar-refractivity contribution < 1.29 is 4.79 Å². The summed E-state index contributed by atoms with van der Waals surface area (Å²) in [5.41, 5.74) is 1.96. The van der Waals surface area contributed by atoms with Crippen LogP contribution in [0.25, 0.3) is 0 Å². The first-order chi connectivity index (χ1) is 6.65. The molecule has 1 amide bonds. The van der Waals surface area contributed by atoms with Crippen LogP contribution in [0, 0.1) is 6.92 Å². The van der Waals surface area contributed by atoms with Crippen molar-refractivity contribution in [1.29, 1.82) is 0 Å². The Morgan fingerprint density at radius 1 is 1.50 bits per heavy atom. The maximum Gasteiger partial charge on any atom is 0.238 e. The van der Waals surface area contributed by atoms with Crippen molar-refractivity contribution in [1.82, 2.24) is 0 Å². The molecule has 14 heavy (non-hydrogen) atoms. The zero-order valence-electron chi connectivity index (χ0n) is 8.38. The zero-order valence-corrected chi connectivity index (χ0v) is 9.97. The number of alkyl halides is 1. The van der Waals surface area contributed by atoms with E-state index in [0.29, 0.717) is 0 Å². The Morgan fingerprint density at radius 3 is 2.71 bits per heavy atom. The minimum absolute atomic E-state index is 0.0156. The average molecular weight is 256 g/mol. The monoisotopic (exact) mass is 255 g/mol.